The smallest absolute Gasteiger partial charge is 0.0859 e. The Morgan fingerprint density at radius 3 is 1.84 bits per heavy atom. The van der Waals surface area contributed by atoms with Gasteiger partial charge in [-0.3, -0.25) is 10.2 Å². The van der Waals surface area contributed by atoms with Gasteiger partial charge in [0.2, 0.25) is 0 Å². The first-order chi connectivity index (χ1) is 31.3. The van der Waals surface area contributed by atoms with Gasteiger partial charge in [-0.2, -0.15) is 12.6 Å². The van der Waals surface area contributed by atoms with E-state index in [0.717, 1.165) is 25.9 Å². The van der Waals surface area contributed by atoms with Gasteiger partial charge in [0.05, 0.1) is 6.17 Å². The van der Waals surface area contributed by atoms with Gasteiger partial charge >= 0.3 is 0 Å². The van der Waals surface area contributed by atoms with E-state index in [1.807, 2.05) is 52.9 Å². The van der Waals surface area contributed by atoms with Crippen LogP contribution in [-0.4, -0.2) is 31.3 Å². The van der Waals surface area contributed by atoms with Crippen molar-refractivity contribution in [1.82, 2.24) is 10.2 Å². The van der Waals surface area contributed by atoms with Crippen molar-refractivity contribution in [2.75, 3.05) is 31.3 Å². The van der Waals surface area contributed by atoms with Crippen LogP contribution in [0.25, 0.3) is 42.4 Å². The van der Waals surface area contributed by atoms with Crippen molar-refractivity contribution in [2.24, 2.45) is 0 Å². The van der Waals surface area contributed by atoms with Crippen LogP contribution in [0.4, 0.5) is 11.4 Å². The molecule has 344 valence electrons. The van der Waals surface area contributed by atoms with Crippen LogP contribution in [0, 0.1) is 0 Å². The molecule has 2 heterocycles. The number of para-hydroxylation sites is 1. The fourth-order valence-corrected chi connectivity index (χ4v) is 9.46. The predicted octanol–water partition coefficient (Wildman–Crippen LogP) is 18.3. The highest BCUT2D eigenvalue weighted by Gasteiger charge is 2.37. The number of benzene rings is 5. The fraction of sp³-hybridized carbons (Fsp3) is 0.390. The van der Waals surface area contributed by atoms with Crippen LogP contribution in [0.2, 0.25) is 0 Å². The van der Waals surface area contributed by atoms with Gasteiger partial charge < -0.3 is 4.90 Å². The number of anilines is 2. The zero-order chi connectivity index (χ0) is 47.2. The van der Waals surface area contributed by atoms with E-state index in [4.69, 9.17) is 0 Å². The largest absolute Gasteiger partial charge is 0.314 e. The van der Waals surface area contributed by atoms with Crippen LogP contribution in [0.3, 0.4) is 0 Å². The third kappa shape index (κ3) is 12.7. The summed E-state index contributed by atoms with van der Waals surface area (Å²) in [5.41, 5.74) is 13.2. The number of thiophene rings is 1. The molecule has 1 saturated heterocycles. The molecule has 0 saturated carbocycles. The summed E-state index contributed by atoms with van der Waals surface area (Å²) in [5, 5.41) is 6.32. The second kappa shape index (κ2) is 27.8. The Morgan fingerprint density at radius 2 is 1.27 bits per heavy atom. The third-order valence-corrected chi connectivity index (χ3v) is 12.4. The highest BCUT2D eigenvalue weighted by Crippen LogP contribution is 2.51. The Kier molecular flexibility index (Phi) is 23.5. The van der Waals surface area contributed by atoms with E-state index in [9.17, 15) is 0 Å². The Labute approximate surface area is 399 Å². The molecule has 1 N–H and O–H groups in total. The van der Waals surface area contributed by atoms with Crippen molar-refractivity contribution in [1.29, 1.82) is 0 Å². The number of nitrogens with one attached hydrogen (secondary N) is 1. The summed E-state index contributed by atoms with van der Waals surface area (Å²) < 4.78 is 2.66. The van der Waals surface area contributed by atoms with Crippen LogP contribution >= 0.6 is 24.0 Å². The van der Waals surface area contributed by atoms with Gasteiger partial charge in [0.25, 0.3) is 0 Å². The number of fused-ring (bicyclic) bond motifs is 6. The molecule has 1 fully saturated rings. The minimum atomic E-state index is -0.0637. The fourth-order valence-electron chi connectivity index (χ4n) is 8.39. The Hall–Kier alpha value is -4.39. The molecule has 0 bridgehead atoms. The summed E-state index contributed by atoms with van der Waals surface area (Å²) in [6.45, 7) is 27.4. The minimum absolute atomic E-state index is 0.0637. The number of likely N-dealkylation sites (N-methyl/N-ethyl adjacent to an activating group) is 1. The Bertz CT molecular complexity index is 2380. The molecular formula is C59H81N3S2. The predicted molar refractivity (Wildman–Crippen MR) is 295 cm³/mol. The first-order valence-electron chi connectivity index (χ1n) is 24.3. The topological polar surface area (TPSA) is 18.5 Å². The molecule has 64 heavy (non-hydrogen) atoms. The van der Waals surface area contributed by atoms with Crippen molar-refractivity contribution in [3.8, 4) is 22.3 Å². The molecule has 0 amide bonds. The first kappa shape index (κ1) is 53.9. The zero-order valence-electron chi connectivity index (χ0n) is 42.0. The number of rotatable bonds is 7. The van der Waals surface area contributed by atoms with Crippen molar-refractivity contribution < 1.29 is 0 Å². The number of nitrogens with zero attached hydrogens (tertiary/aromatic N) is 2. The third-order valence-electron chi connectivity index (χ3n) is 11.2. The van der Waals surface area contributed by atoms with E-state index in [1.165, 1.54) is 95.5 Å². The molecule has 0 spiro atoms. The van der Waals surface area contributed by atoms with E-state index in [0.29, 0.717) is 6.17 Å². The maximum Gasteiger partial charge on any atom is 0.0859 e. The molecule has 1 unspecified atom stereocenters. The quantitative estimate of drug-likeness (QED) is 0.123. The average molecular weight is 896 g/mol. The lowest BCUT2D eigenvalue weighted by molar-refractivity contribution is 0.301. The van der Waals surface area contributed by atoms with Gasteiger partial charge in [0.1, 0.15) is 0 Å². The maximum absolute atomic E-state index is 3.67. The number of thiol groups is 1. The van der Waals surface area contributed by atoms with Gasteiger partial charge in [-0.15, -0.1) is 11.3 Å². The molecule has 2 aliphatic carbocycles. The summed E-state index contributed by atoms with van der Waals surface area (Å²) >= 11 is 5.42. The first-order valence-corrected chi connectivity index (χ1v) is 26.0. The second-order valence-corrected chi connectivity index (χ2v) is 16.9. The molecule has 1 aromatic heterocycles. The Morgan fingerprint density at radius 1 is 0.703 bits per heavy atom. The van der Waals surface area contributed by atoms with Gasteiger partial charge in [0, 0.05) is 55.7 Å². The van der Waals surface area contributed by atoms with Crippen LogP contribution in [-0.2, 0) is 5.41 Å². The lowest BCUT2D eigenvalue weighted by Gasteiger charge is -2.29. The molecule has 5 heteroatoms. The molecule has 1 atom stereocenters. The number of hydrogen-bond acceptors (Lipinski definition) is 5. The molecule has 9 rings (SSSR count). The van der Waals surface area contributed by atoms with E-state index in [2.05, 4.69) is 210 Å². The Balaban J connectivity index is 0.000000564. The van der Waals surface area contributed by atoms with Crippen molar-refractivity contribution in [3.05, 3.63) is 156 Å². The van der Waals surface area contributed by atoms with E-state index in [1.54, 1.807) is 6.26 Å². The van der Waals surface area contributed by atoms with Crippen LogP contribution in [0.15, 0.2) is 139 Å². The van der Waals surface area contributed by atoms with Gasteiger partial charge in [-0.1, -0.05) is 168 Å². The molecule has 6 aromatic rings. The van der Waals surface area contributed by atoms with E-state index in [-0.39, 0.29) is 5.41 Å². The average Bonchev–Trinajstić information content (AvgIpc) is 4.02. The lowest BCUT2D eigenvalue weighted by Crippen LogP contribution is -2.24. The second-order valence-electron chi connectivity index (χ2n) is 15.8. The number of hydrogen-bond donors (Lipinski definition) is 2. The van der Waals surface area contributed by atoms with E-state index >= 15 is 0 Å². The molecule has 5 aromatic carbocycles. The van der Waals surface area contributed by atoms with Gasteiger partial charge in [-0.05, 0) is 133 Å². The van der Waals surface area contributed by atoms with Crippen molar-refractivity contribution in [2.45, 2.75) is 127 Å². The van der Waals surface area contributed by atoms with Crippen molar-refractivity contribution >= 4 is 55.5 Å². The highest BCUT2D eigenvalue weighted by molar-refractivity contribution is 7.79. The van der Waals surface area contributed by atoms with Crippen LogP contribution in [0.5, 0.6) is 0 Å². The normalized spacial score (nSPS) is 15.2. The zero-order valence-corrected chi connectivity index (χ0v) is 43.7. The van der Waals surface area contributed by atoms with Gasteiger partial charge in [0.15, 0.2) is 0 Å². The lowest BCUT2D eigenvalue weighted by atomic mass is 9.81. The molecule has 3 nitrogen and oxygen atoms in total. The number of allylic oxidation sites excluding steroid dienone is 6. The minimum Gasteiger partial charge on any atom is -0.314 e. The summed E-state index contributed by atoms with van der Waals surface area (Å²) in [7, 11) is 2.21. The maximum atomic E-state index is 3.67. The van der Waals surface area contributed by atoms with Crippen molar-refractivity contribution in [3.63, 3.8) is 0 Å². The molecule has 1 aliphatic heterocycles. The monoisotopic (exact) mass is 896 g/mol. The summed E-state index contributed by atoms with van der Waals surface area (Å²) in [6.07, 6.45) is 18.8. The molecular weight excluding hydrogens is 815 g/mol. The van der Waals surface area contributed by atoms with Crippen LogP contribution in [0.1, 0.15) is 138 Å². The molecule has 3 aliphatic rings. The van der Waals surface area contributed by atoms with E-state index < -0.39 is 0 Å². The standard InChI is InChI=1S/C43H39N3S.C6H12.C3H8.3C2H6.CH4S/c1-43(2)38-25-29(14-18-34(38)35-19-15-30(26-39(35)43)42-44-22-23-45(42)3)28-16-20-40-36(24-28)37-27-33(17-21-41(37)47-40)46(31-10-6-4-7-11-31)32-12-8-5-9-13-32;1-3-5-6-4-2;1-3-2;4*1-2/h4-8,10-12,14-21,24-27,42,44H,9,13,22-23H2,1-3H3;5-6H,3-4H2,1-2H3;3H2,1-2H3;3*1-2H3;2H,1H3/b;6-5-;;;;;. The highest BCUT2D eigenvalue weighted by atomic mass is 32.1. The summed E-state index contributed by atoms with van der Waals surface area (Å²) in [6, 6.07) is 39.1. The summed E-state index contributed by atoms with van der Waals surface area (Å²) in [5.74, 6) is 0. The van der Waals surface area contributed by atoms with Crippen LogP contribution < -0.4 is 10.2 Å². The molecule has 0 radical (unpaired) electrons. The SMILES string of the molecule is CC.CC.CC.CC/C=C\CC.CCC.CN1CCNC1c1ccc2c(c1)C(C)(C)c1cc(-c3ccc4sc5ccc(N(C6=CC=CCC6)c6ccccc6)cc5c4c3)ccc1-2.CS. The summed E-state index contributed by atoms with van der Waals surface area (Å²) in [4.78, 5) is 4.84. The van der Waals surface area contributed by atoms with Gasteiger partial charge in [-0.25, -0.2) is 0 Å².